The second kappa shape index (κ2) is 11.4. The molecule has 0 spiro atoms. The quantitative estimate of drug-likeness (QED) is 0.518. The summed E-state index contributed by atoms with van der Waals surface area (Å²) >= 11 is 3.87. The van der Waals surface area contributed by atoms with Crippen molar-refractivity contribution >= 4 is 27.4 Å². The Kier molecular flexibility index (Phi) is 8.34. The molecule has 2 N–H and O–H groups in total. The van der Waals surface area contributed by atoms with Crippen LogP contribution in [0.15, 0.2) is 23.1 Å². The number of morpholine rings is 1. The summed E-state index contributed by atoms with van der Waals surface area (Å²) in [5.41, 5.74) is 3.99. The summed E-state index contributed by atoms with van der Waals surface area (Å²) in [7, 11) is 1.93. The molecule has 5 rings (SSSR count). The maximum atomic E-state index is 5.47. The number of ether oxygens (including phenoxy) is 1. The van der Waals surface area contributed by atoms with Gasteiger partial charge in [-0.05, 0) is 35.3 Å². The summed E-state index contributed by atoms with van der Waals surface area (Å²) in [6, 6.07) is 0. The lowest BCUT2D eigenvalue weighted by Crippen LogP contribution is -2.39. The van der Waals surface area contributed by atoms with Crippen LogP contribution in [0.25, 0.3) is 16.8 Å². The molecular formula is C23H35BrN8O. The van der Waals surface area contributed by atoms with Crippen molar-refractivity contribution in [1.29, 1.82) is 0 Å². The topological polar surface area (TPSA) is 84.5 Å². The van der Waals surface area contributed by atoms with Gasteiger partial charge in [0.2, 0.25) is 0 Å². The van der Waals surface area contributed by atoms with E-state index in [9.17, 15) is 0 Å². The zero-order chi connectivity index (χ0) is 23.2. The Hall–Kier alpha value is -2.01. The van der Waals surface area contributed by atoms with Gasteiger partial charge in [0.25, 0.3) is 0 Å². The molecule has 3 aromatic heterocycles. The van der Waals surface area contributed by atoms with Crippen LogP contribution < -0.4 is 10.6 Å². The van der Waals surface area contributed by atoms with Crippen molar-refractivity contribution in [2.24, 2.45) is 7.05 Å². The molecule has 9 nitrogen and oxygen atoms in total. The normalized spacial score (nSPS) is 19.3. The highest BCUT2D eigenvalue weighted by Crippen LogP contribution is 2.36. The first kappa shape index (κ1) is 24.1. The summed E-state index contributed by atoms with van der Waals surface area (Å²) in [5.74, 6) is 1.35. The summed E-state index contributed by atoms with van der Waals surface area (Å²) in [6.45, 7) is 11.4. The minimum Gasteiger partial charge on any atom is -0.379 e. The molecule has 2 aliphatic rings. The van der Waals surface area contributed by atoms with Gasteiger partial charge in [0.1, 0.15) is 5.82 Å². The van der Waals surface area contributed by atoms with Gasteiger partial charge in [0.15, 0.2) is 5.65 Å². The standard InChI is InChI=1S/C21H29BrN8O.C2H6/c1-28-14-16(12-25-28)17-13-26-30-20(17)27-19(15-3-2-4-23-11-15)18(22)21(30)24-5-6-29-7-9-31-10-8-29;1-2/h12-15,23-24H,2-11H2,1H3;1-2H3. The van der Waals surface area contributed by atoms with Crippen LogP contribution in [-0.4, -0.2) is 81.8 Å². The van der Waals surface area contributed by atoms with Gasteiger partial charge < -0.3 is 15.4 Å². The number of piperidine rings is 1. The van der Waals surface area contributed by atoms with Crippen molar-refractivity contribution in [2.75, 3.05) is 57.8 Å². The molecule has 10 heteroatoms. The summed E-state index contributed by atoms with van der Waals surface area (Å²) in [4.78, 5) is 7.54. The molecule has 0 radical (unpaired) electrons. The van der Waals surface area contributed by atoms with Gasteiger partial charge in [-0.2, -0.15) is 14.7 Å². The number of anilines is 1. The SMILES string of the molecule is CC.Cn1cc(-c2cnn3c(NCCN4CCOCC4)c(Br)c(C4CCCNC4)nc23)cn1. The fourth-order valence-corrected chi connectivity index (χ4v) is 5.14. The van der Waals surface area contributed by atoms with Crippen LogP contribution >= 0.6 is 15.9 Å². The predicted octanol–water partition coefficient (Wildman–Crippen LogP) is 3.13. The number of aryl methyl sites for hydroxylation is 1. The van der Waals surface area contributed by atoms with Gasteiger partial charge in [-0.1, -0.05) is 13.8 Å². The fraction of sp³-hybridized carbons (Fsp3) is 0.609. The predicted molar refractivity (Wildman–Crippen MR) is 135 cm³/mol. The minimum atomic E-state index is 0.379. The van der Waals surface area contributed by atoms with E-state index < -0.39 is 0 Å². The van der Waals surface area contributed by atoms with Gasteiger partial charge in [-0.15, -0.1) is 0 Å². The lowest BCUT2D eigenvalue weighted by atomic mass is 9.96. The second-order valence-electron chi connectivity index (χ2n) is 8.28. The van der Waals surface area contributed by atoms with Crippen LogP contribution in [0, 0.1) is 0 Å². The van der Waals surface area contributed by atoms with E-state index in [4.69, 9.17) is 14.8 Å². The molecule has 33 heavy (non-hydrogen) atoms. The van der Waals surface area contributed by atoms with Crippen LogP contribution in [-0.2, 0) is 11.8 Å². The van der Waals surface area contributed by atoms with E-state index in [1.165, 1.54) is 6.42 Å². The molecule has 2 fully saturated rings. The molecule has 2 saturated heterocycles. The molecule has 0 aromatic carbocycles. The van der Waals surface area contributed by atoms with Crippen molar-refractivity contribution in [2.45, 2.75) is 32.6 Å². The Labute approximate surface area is 204 Å². The van der Waals surface area contributed by atoms with E-state index in [0.29, 0.717) is 5.92 Å². The largest absolute Gasteiger partial charge is 0.379 e. The Bertz CT molecular complexity index is 1040. The second-order valence-corrected chi connectivity index (χ2v) is 9.07. The molecule has 1 atom stereocenters. The fourth-order valence-electron chi connectivity index (χ4n) is 4.42. The highest BCUT2D eigenvalue weighted by molar-refractivity contribution is 9.10. The Balaban J connectivity index is 0.00000126. The van der Waals surface area contributed by atoms with Gasteiger partial charge >= 0.3 is 0 Å². The van der Waals surface area contributed by atoms with E-state index in [1.807, 2.05) is 48.7 Å². The van der Waals surface area contributed by atoms with Crippen molar-refractivity contribution in [3.63, 3.8) is 0 Å². The molecule has 180 valence electrons. The molecule has 0 saturated carbocycles. The average Bonchev–Trinajstić information content (AvgIpc) is 3.48. The number of hydrogen-bond acceptors (Lipinski definition) is 7. The first-order chi connectivity index (χ1) is 16.2. The van der Waals surface area contributed by atoms with Crippen molar-refractivity contribution in [3.05, 3.63) is 28.8 Å². The number of rotatable bonds is 6. The molecule has 1 unspecified atom stereocenters. The van der Waals surface area contributed by atoms with E-state index in [2.05, 4.69) is 36.6 Å². The first-order valence-corrected chi connectivity index (χ1v) is 12.8. The monoisotopic (exact) mass is 518 g/mol. The Morgan fingerprint density at radius 2 is 2.03 bits per heavy atom. The molecular weight excluding hydrogens is 484 g/mol. The lowest BCUT2D eigenvalue weighted by Gasteiger charge is -2.27. The van der Waals surface area contributed by atoms with Gasteiger partial charge in [-0.3, -0.25) is 9.58 Å². The molecule has 0 amide bonds. The highest BCUT2D eigenvalue weighted by Gasteiger charge is 2.25. The van der Waals surface area contributed by atoms with Gasteiger partial charge in [0.05, 0.1) is 35.8 Å². The van der Waals surface area contributed by atoms with E-state index in [1.54, 1.807) is 0 Å². The van der Waals surface area contributed by atoms with Crippen LogP contribution in [0.3, 0.4) is 0 Å². The van der Waals surface area contributed by atoms with Crippen LogP contribution in [0.4, 0.5) is 5.82 Å². The summed E-state index contributed by atoms with van der Waals surface area (Å²) in [6.07, 6.45) is 8.07. The van der Waals surface area contributed by atoms with Crippen LogP contribution in [0.5, 0.6) is 0 Å². The van der Waals surface area contributed by atoms with Crippen molar-refractivity contribution in [3.8, 4) is 11.1 Å². The van der Waals surface area contributed by atoms with E-state index in [0.717, 1.165) is 91.7 Å². The first-order valence-electron chi connectivity index (χ1n) is 12.0. The van der Waals surface area contributed by atoms with Gasteiger partial charge in [-0.25, -0.2) is 4.98 Å². The number of aromatic nitrogens is 5. The zero-order valence-corrected chi connectivity index (χ0v) is 21.4. The molecule has 3 aromatic rings. The number of halogens is 1. The van der Waals surface area contributed by atoms with Crippen LogP contribution in [0.1, 0.15) is 38.3 Å². The van der Waals surface area contributed by atoms with Crippen LogP contribution in [0.2, 0.25) is 0 Å². The van der Waals surface area contributed by atoms with Gasteiger partial charge in [0, 0.05) is 63.0 Å². The highest BCUT2D eigenvalue weighted by atomic mass is 79.9. The minimum absolute atomic E-state index is 0.379. The number of hydrogen-bond donors (Lipinski definition) is 2. The van der Waals surface area contributed by atoms with E-state index >= 15 is 0 Å². The number of nitrogens with one attached hydrogen (secondary N) is 2. The third-order valence-electron chi connectivity index (χ3n) is 6.14. The Morgan fingerprint density at radius 1 is 1.21 bits per heavy atom. The maximum Gasteiger partial charge on any atom is 0.165 e. The molecule has 0 aliphatic carbocycles. The third kappa shape index (κ3) is 5.40. The Morgan fingerprint density at radius 3 is 2.73 bits per heavy atom. The third-order valence-corrected chi connectivity index (χ3v) is 6.92. The van der Waals surface area contributed by atoms with Crippen molar-refractivity contribution < 1.29 is 4.74 Å². The molecule has 2 aliphatic heterocycles. The zero-order valence-electron chi connectivity index (χ0n) is 19.8. The van der Waals surface area contributed by atoms with Crippen molar-refractivity contribution in [1.82, 2.24) is 34.6 Å². The smallest absolute Gasteiger partial charge is 0.165 e. The van der Waals surface area contributed by atoms with E-state index in [-0.39, 0.29) is 0 Å². The summed E-state index contributed by atoms with van der Waals surface area (Å²) < 4.78 is 10.2. The molecule has 0 bridgehead atoms. The summed E-state index contributed by atoms with van der Waals surface area (Å²) in [5, 5.41) is 16.2. The lowest BCUT2D eigenvalue weighted by molar-refractivity contribution is 0.0398. The molecule has 5 heterocycles. The number of fused-ring (bicyclic) bond motifs is 1. The maximum absolute atomic E-state index is 5.47. The number of nitrogens with zero attached hydrogens (tertiary/aromatic N) is 6. The average molecular weight is 519 g/mol.